The second-order valence-electron chi connectivity index (χ2n) is 6.89. The van der Waals surface area contributed by atoms with Crippen molar-refractivity contribution in [2.24, 2.45) is 0 Å². The van der Waals surface area contributed by atoms with E-state index in [1.165, 1.54) is 49.6 Å². The first-order valence-corrected chi connectivity index (χ1v) is 10.3. The first-order valence-electron chi connectivity index (χ1n) is 9.93. The van der Waals surface area contributed by atoms with Crippen LogP contribution in [0.15, 0.2) is 72.3 Å². The van der Waals surface area contributed by atoms with Gasteiger partial charge in [0.15, 0.2) is 6.61 Å². The predicted molar refractivity (Wildman–Crippen MR) is 127 cm³/mol. The van der Waals surface area contributed by atoms with Gasteiger partial charge in [0.05, 0.1) is 12.1 Å². The number of rotatable bonds is 8. The topological polar surface area (TPSA) is 100 Å². The highest BCUT2D eigenvalue weighted by molar-refractivity contribution is 6.32. The molecule has 0 saturated heterocycles. The normalized spacial score (nSPS) is 10.7. The fourth-order valence-electron chi connectivity index (χ4n) is 2.79. The summed E-state index contributed by atoms with van der Waals surface area (Å²) in [7, 11) is 1.54. The molecule has 9 heteroatoms. The van der Waals surface area contributed by atoms with Gasteiger partial charge in [-0.3, -0.25) is 9.59 Å². The van der Waals surface area contributed by atoms with Crippen molar-refractivity contribution < 1.29 is 23.5 Å². The van der Waals surface area contributed by atoms with Crippen molar-refractivity contribution in [2.45, 2.75) is 0 Å². The number of methoxy groups -OCH3 is 1. The van der Waals surface area contributed by atoms with Gasteiger partial charge >= 0.3 is 0 Å². The van der Waals surface area contributed by atoms with Gasteiger partial charge in [0.25, 0.3) is 11.8 Å². The molecule has 0 aliphatic carbocycles. The molecule has 2 N–H and O–H groups in total. The summed E-state index contributed by atoms with van der Waals surface area (Å²) < 4.78 is 23.4. The van der Waals surface area contributed by atoms with E-state index in [1.54, 1.807) is 30.3 Å². The SMILES string of the molecule is COc1ccc(NC(=O)/C(C#N)=C\c2ccc(OCC(=O)Nc3ccc(F)cc3)c(Cl)c2)cc1. The smallest absolute Gasteiger partial charge is 0.266 e. The molecule has 0 unspecified atom stereocenters. The van der Waals surface area contributed by atoms with Gasteiger partial charge in [0, 0.05) is 11.4 Å². The lowest BCUT2D eigenvalue weighted by atomic mass is 10.1. The van der Waals surface area contributed by atoms with Gasteiger partial charge in [-0.05, 0) is 72.3 Å². The van der Waals surface area contributed by atoms with Crippen LogP contribution in [0.25, 0.3) is 6.08 Å². The summed E-state index contributed by atoms with van der Waals surface area (Å²) in [6.07, 6.45) is 1.38. The van der Waals surface area contributed by atoms with E-state index >= 15 is 0 Å². The number of amides is 2. The number of carbonyl (C=O) groups excluding carboxylic acids is 2. The minimum Gasteiger partial charge on any atom is -0.497 e. The number of ether oxygens (including phenoxy) is 2. The Morgan fingerprint density at radius 3 is 2.29 bits per heavy atom. The Labute approximate surface area is 200 Å². The molecule has 34 heavy (non-hydrogen) atoms. The number of halogens is 2. The molecule has 172 valence electrons. The van der Waals surface area contributed by atoms with Crippen molar-refractivity contribution >= 4 is 40.9 Å². The lowest BCUT2D eigenvalue weighted by Gasteiger charge is -2.10. The van der Waals surface area contributed by atoms with Gasteiger partial charge in [-0.15, -0.1) is 0 Å². The molecule has 3 rings (SSSR count). The number of nitrogens with one attached hydrogen (secondary N) is 2. The fraction of sp³-hybridized carbons (Fsp3) is 0.0800. The van der Waals surface area contributed by atoms with Crippen LogP contribution in [0.2, 0.25) is 5.02 Å². The summed E-state index contributed by atoms with van der Waals surface area (Å²) >= 11 is 6.23. The monoisotopic (exact) mass is 479 g/mol. The molecule has 0 bridgehead atoms. The van der Waals surface area contributed by atoms with E-state index < -0.39 is 17.6 Å². The van der Waals surface area contributed by atoms with E-state index in [0.29, 0.717) is 22.7 Å². The van der Waals surface area contributed by atoms with Crippen LogP contribution in [0.3, 0.4) is 0 Å². The second-order valence-corrected chi connectivity index (χ2v) is 7.29. The van der Waals surface area contributed by atoms with Crippen LogP contribution < -0.4 is 20.1 Å². The molecule has 0 heterocycles. The molecule has 3 aromatic carbocycles. The summed E-state index contributed by atoms with van der Waals surface area (Å²) in [4.78, 5) is 24.5. The van der Waals surface area contributed by atoms with Gasteiger partial charge in [-0.1, -0.05) is 17.7 Å². The van der Waals surface area contributed by atoms with Gasteiger partial charge in [-0.2, -0.15) is 5.26 Å². The predicted octanol–water partition coefficient (Wildman–Crippen LogP) is 5.05. The van der Waals surface area contributed by atoms with Crippen molar-refractivity contribution in [2.75, 3.05) is 24.4 Å². The Hall–Kier alpha value is -4.35. The maximum atomic E-state index is 12.9. The number of hydrogen-bond acceptors (Lipinski definition) is 5. The Morgan fingerprint density at radius 1 is 1.03 bits per heavy atom. The molecule has 3 aromatic rings. The molecule has 0 fully saturated rings. The van der Waals surface area contributed by atoms with Crippen molar-refractivity contribution in [1.29, 1.82) is 5.26 Å². The average molecular weight is 480 g/mol. The highest BCUT2D eigenvalue weighted by atomic mass is 35.5. The standard InChI is InChI=1S/C25H19ClFN3O4/c1-33-21-9-7-20(8-10-21)30-25(32)17(14-28)12-16-2-11-23(22(26)13-16)34-15-24(31)29-19-5-3-18(27)4-6-19/h2-13H,15H2,1H3,(H,29,31)(H,30,32)/b17-12-. The third-order valence-electron chi connectivity index (χ3n) is 4.47. The van der Waals surface area contributed by atoms with E-state index in [4.69, 9.17) is 21.1 Å². The van der Waals surface area contributed by atoms with Crippen LogP contribution in [0.1, 0.15) is 5.56 Å². The summed E-state index contributed by atoms with van der Waals surface area (Å²) in [6.45, 7) is -0.319. The quantitative estimate of drug-likeness (QED) is 0.348. The van der Waals surface area contributed by atoms with Gasteiger partial charge in [-0.25, -0.2) is 4.39 Å². The summed E-state index contributed by atoms with van der Waals surface area (Å²) in [6, 6.07) is 18.5. The molecule has 2 amide bonds. The first kappa shape index (κ1) is 24.3. The zero-order valence-electron chi connectivity index (χ0n) is 18.0. The van der Waals surface area contributed by atoms with Gasteiger partial charge in [0.1, 0.15) is 29.0 Å². The van der Waals surface area contributed by atoms with Crippen LogP contribution in [0, 0.1) is 17.1 Å². The van der Waals surface area contributed by atoms with Crippen molar-refractivity contribution in [3.8, 4) is 17.6 Å². The number of anilines is 2. The summed E-state index contributed by atoms with van der Waals surface area (Å²) in [5.74, 6) is -0.559. The molecule has 0 saturated carbocycles. The van der Waals surface area contributed by atoms with Crippen LogP contribution in [-0.2, 0) is 9.59 Å². The first-order chi connectivity index (χ1) is 16.4. The number of carbonyl (C=O) groups is 2. The lowest BCUT2D eigenvalue weighted by molar-refractivity contribution is -0.118. The highest BCUT2D eigenvalue weighted by Gasteiger charge is 2.12. The zero-order valence-corrected chi connectivity index (χ0v) is 18.7. The molecule has 0 aliphatic heterocycles. The Bertz CT molecular complexity index is 1250. The van der Waals surface area contributed by atoms with E-state index in [1.807, 2.05) is 6.07 Å². The highest BCUT2D eigenvalue weighted by Crippen LogP contribution is 2.27. The molecule has 0 aliphatic rings. The Kier molecular flexibility index (Phi) is 8.21. The van der Waals surface area contributed by atoms with Crippen LogP contribution >= 0.6 is 11.6 Å². The van der Waals surface area contributed by atoms with Crippen molar-refractivity contribution in [3.05, 3.63) is 88.7 Å². The average Bonchev–Trinajstić information content (AvgIpc) is 2.83. The summed E-state index contributed by atoms with van der Waals surface area (Å²) in [5, 5.41) is 14.8. The van der Waals surface area contributed by atoms with Crippen LogP contribution in [0.5, 0.6) is 11.5 Å². The maximum Gasteiger partial charge on any atom is 0.266 e. The molecule has 0 aromatic heterocycles. The van der Waals surface area contributed by atoms with E-state index in [2.05, 4.69) is 10.6 Å². The molecule has 0 spiro atoms. The largest absolute Gasteiger partial charge is 0.497 e. The Morgan fingerprint density at radius 2 is 1.68 bits per heavy atom. The number of nitriles is 1. The second kappa shape index (κ2) is 11.5. The number of benzene rings is 3. The van der Waals surface area contributed by atoms with E-state index in [9.17, 15) is 19.2 Å². The minimum atomic E-state index is -0.582. The van der Waals surface area contributed by atoms with Crippen molar-refractivity contribution in [1.82, 2.24) is 0 Å². The van der Waals surface area contributed by atoms with E-state index in [-0.39, 0.29) is 23.0 Å². The maximum absolute atomic E-state index is 12.9. The Balaban J connectivity index is 1.61. The zero-order chi connectivity index (χ0) is 24.5. The molecular formula is C25H19ClFN3O4. The number of hydrogen-bond donors (Lipinski definition) is 2. The van der Waals surface area contributed by atoms with Crippen molar-refractivity contribution in [3.63, 3.8) is 0 Å². The molecule has 7 nitrogen and oxygen atoms in total. The van der Waals surface area contributed by atoms with Crippen LogP contribution in [0.4, 0.5) is 15.8 Å². The molecule has 0 atom stereocenters. The minimum absolute atomic E-state index is 0.126. The molecule has 0 radical (unpaired) electrons. The number of nitrogens with zero attached hydrogens (tertiary/aromatic N) is 1. The van der Waals surface area contributed by atoms with Gasteiger partial charge < -0.3 is 20.1 Å². The lowest BCUT2D eigenvalue weighted by Crippen LogP contribution is -2.20. The third-order valence-corrected chi connectivity index (χ3v) is 4.76. The third kappa shape index (κ3) is 6.82. The fourth-order valence-corrected chi connectivity index (χ4v) is 3.03. The summed E-state index contributed by atoms with van der Waals surface area (Å²) in [5.41, 5.74) is 1.31. The van der Waals surface area contributed by atoms with Crippen LogP contribution in [-0.4, -0.2) is 25.5 Å². The molecular weight excluding hydrogens is 461 g/mol. The van der Waals surface area contributed by atoms with Gasteiger partial charge in [0.2, 0.25) is 0 Å². The van der Waals surface area contributed by atoms with E-state index in [0.717, 1.165) is 0 Å².